The van der Waals surface area contributed by atoms with Crippen LogP contribution in [0.25, 0.3) is 0 Å². The average Bonchev–Trinajstić information content (AvgIpc) is 2.85. The summed E-state index contributed by atoms with van der Waals surface area (Å²) in [6.45, 7) is 2.38. The highest BCUT2D eigenvalue weighted by molar-refractivity contribution is 7.78. The lowest BCUT2D eigenvalue weighted by atomic mass is 10.1. The third-order valence-corrected chi connectivity index (χ3v) is 2.60. The summed E-state index contributed by atoms with van der Waals surface area (Å²) in [7, 11) is 0. The number of nitrogens with one attached hydrogen (secondary N) is 1. The summed E-state index contributed by atoms with van der Waals surface area (Å²) in [5.74, 6) is 0. The molecule has 0 spiro atoms. The number of likely N-dealkylation sites (tertiary alicyclic amines) is 1. The van der Waals surface area contributed by atoms with E-state index < -0.39 is 0 Å². The molecule has 2 aliphatic rings. The smallest absolute Gasteiger partial charge is 0.159 e. The molecule has 2 heterocycles. The van der Waals surface area contributed by atoms with Crippen molar-refractivity contribution in [2.24, 2.45) is 0 Å². The van der Waals surface area contributed by atoms with E-state index in [1.54, 1.807) is 0 Å². The summed E-state index contributed by atoms with van der Waals surface area (Å²) in [5, 5.41) is 0. The molecule has 0 aromatic heterocycles. The Labute approximate surface area is 72.6 Å². The molecule has 0 aromatic carbocycles. The van der Waals surface area contributed by atoms with Crippen molar-refractivity contribution >= 4 is 12.8 Å². The lowest BCUT2D eigenvalue weighted by molar-refractivity contribution is 0.149. The van der Waals surface area contributed by atoms with Gasteiger partial charge in [-0.05, 0) is 12.8 Å². The van der Waals surface area contributed by atoms with Crippen molar-refractivity contribution in [1.29, 1.82) is 0 Å². The fourth-order valence-electron chi connectivity index (χ4n) is 1.65. The third-order valence-electron chi connectivity index (χ3n) is 2.35. The van der Waals surface area contributed by atoms with Crippen LogP contribution in [0, 0.1) is 0 Å². The lowest BCUT2D eigenvalue weighted by Gasteiger charge is -2.24. The fraction of sp³-hybridized carbons (Fsp3) is 1.00. The van der Waals surface area contributed by atoms with Crippen molar-refractivity contribution in [2.75, 3.05) is 13.1 Å². The molecule has 3 nitrogen and oxygen atoms in total. The Kier molecular flexibility index (Phi) is 2.36. The molecule has 0 saturated carbocycles. The molecule has 0 aliphatic carbocycles. The van der Waals surface area contributed by atoms with E-state index in [-0.39, 0.29) is 6.23 Å². The van der Waals surface area contributed by atoms with Crippen molar-refractivity contribution in [3.63, 3.8) is 0 Å². The van der Waals surface area contributed by atoms with Crippen molar-refractivity contribution < 1.29 is 4.74 Å². The van der Waals surface area contributed by atoms with Crippen molar-refractivity contribution in [2.45, 2.75) is 31.7 Å². The van der Waals surface area contributed by atoms with E-state index in [1.807, 2.05) is 0 Å². The molecule has 2 saturated heterocycles. The van der Waals surface area contributed by atoms with Gasteiger partial charge in [-0.25, -0.2) is 4.72 Å². The van der Waals surface area contributed by atoms with Crippen molar-refractivity contribution in [1.82, 2.24) is 9.62 Å². The number of rotatable bonds is 2. The topological polar surface area (TPSA) is 27.8 Å². The molecule has 64 valence electrons. The molecular weight excluding hydrogens is 160 g/mol. The molecule has 0 radical (unpaired) electrons. The second-order valence-corrected chi connectivity index (χ2v) is 3.43. The Hall–Kier alpha value is 0.230. The van der Waals surface area contributed by atoms with Gasteiger partial charge in [-0.3, -0.25) is 4.90 Å². The fourth-order valence-corrected chi connectivity index (χ4v) is 1.84. The highest BCUT2D eigenvalue weighted by Crippen LogP contribution is 2.26. The minimum atomic E-state index is 0.177. The summed E-state index contributed by atoms with van der Waals surface area (Å²) in [5.41, 5.74) is 0. The van der Waals surface area contributed by atoms with Gasteiger partial charge in [0, 0.05) is 13.1 Å². The van der Waals surface area contributed by atoms with Crippen LogP contribution in [-0.4, -0.2) is 30.4 Å². The first-order chi connectivity index (χ1) is 5.42. The number of ether oxygens (including phenoxy) is 1. The van der Waals surface area contributed by atoms with Crippen LogP contribution in [0.4, 0.5) is 0 Å². The van der Waals surface area contributed by atoms with Gasteiger partial charge in [0.2, 0.25) is 0 Å². The standard InChI is InChI=1S/C7H14N2OS/c11-8-6-7(10-6)9-4-2-1-3-5-9/h6-8,11H,1-5H2. The van der Waals surface area contributed by atoms with Gasteiger partial charge in [0.25, 0.3) is 0 Å². The first kappa shape index (κ1) is 7.86. The first-order valence-corrected chi connectivity index (χ1v) is 4.65. The molecule has 0 amide bonds. The minimum Gasteiger partial charge on any atom is -0.336 e. The zero-order valence-corrected chi connectivity index (χ0v) is 7.39. The lowest BCUT2D eigenvalue weighted by Crippen LogP contribution is -2.34. The second kappa shape index (κ2) is 3.31. The normalized spacial score (nSPS) is 39.0. The molecule has 0 aromatic rings. The van der Waals surface area contributed by atoms with Crippen LogP contribution in [-0.2, 0) is 4.74 Å². The van der Waals surface area contributed by atoms with E-state index >= 15 is 0 Å². The quantitative estimate of drug-likeness (QED) is 0.474. The number of thiol groups is 1. The van der Waals surface area contributed by atoms with Gasteiger partial charge in [0.05, 0.1) is 0 Å². The summed E-state index contributed by atoms with van der Waals surface area (Å²) in [4.78, 5) is 2.39. The monoisotopic (exact) mass is 174 g/mol. The van der Waals surface area contributed by atoms with E-state index in [1.165, 1.54) is 32.4 Å². The van der Waals surface area contributed by atoms with Gasteiger partial charge < -0.3 is 4.74 Å². The van der Waals surface area contributed by atoms with Gasteiger partial charge in [0.1, 0.15) is 0 Å². The van der Waals surface area contributed by atoms with Gasteiger partial charge in [-0.15, -0.1) is 0 Å². The maximum absolute atomic E-state index is 5.34. The third kappa shape index (κ3) is 1.69. The largest absolute Gasteiger partial charge is 0.336 e. The van der Waals surface area contributed by atoms with Crippen LogP contribution in [0.3, 0.4) is 0 Å². The molecule has 4 heteroatoms. The SMILES string of the molecule is SNC1OC1N1CCCCC1. The molecule has 2 atom stereocenters. The van der Waals surface area contributed by atoms with Crippen molar-refractivity contribution in [3.8, 4) is 0 Å². The molecular formula is C7H14N2OS. The highest BCUT2D eigenvalue weighted by Gasteiger charge is 2.42. The molecule has 2 fully saturated rings. The number of piperidine rings is 1. The predicted molar refractivity (Wildman–Crippen MR) is 46.2 cm³/mol. The Bertz CT molecular complexity index is 138. The maximum Gasteiger partial charge on any atom is 0.159 e. The zero-order chi connectivity index (χ0) is 7.68. The van der Waals surface area contributed by atoms with E-state index in [0.717, 1.165) is 0 Å². The van der Waals surface area contributed by atoms with Crippen LogP contribution in [0.2, 0.25) is 0 Å². The number of hydrogen-bond acceptors (Lipinski definition) is 4. The molecule has 0 bridgehead atoms. The van der Waals surface area contributed by atoms with Crippen LogP contribution in [0.5, 0.6) is 0 Å². The molecule has 2 aliphatic heterocycles. The van der Waals surface area contributed by atoms with E-state index in [0.29, 0.717) is 6.23 Å². The van der Waals surface area contributed by atoms with Gasteiger partial charge in [-0.1, -0.05) is 19.2 Å². The van der Waals surface area contributed by atoms with Crippen LogP contribution in [0.15, 0.2) is 0 Å². The predicted octanol–water partition coefficient (Wildman–Crippen LogP) is 0.589. The molecule has 2 unspecified atom stereocenters. The second-order valence-electron chi connectivity index (χ2n) is 3.17. The number of epoxide rings is 1. The summed E-state index contributed by atoms with van der Waals surface area (Å²) in [6.07, 6.45) is 4.50. The van der Waals surface area contributed by atoms with Crippen LogP contribution in [0.1, 0.15) is 19.3 Å². The van der Waals surface area contributed by atoms with Gasteiger partial charge in [-0.2, -0.15) is 0 Å². The molecule has 11 heavy (non-hydrogen) atoms. The van der Waals surface area contributed by atoms with Crippen LogP contribution < -0.4 is 4.72 Å². The first-order valence-electron chi connectivity index (χ1n) is 4.21. The van der Waals surface area contributed by atoms with E-state index in [9.17, 15) is 0 Å². The molecule has 2 rings (SSSR count). The number of nitrogens with zero attached hydrogens (tertiary/aromatic N) is 1. The number of hydrogen-bond donors (Lipinski definition) is 2. The van der Waals surface area contributed by atoms with Gasteiger partial charge in [0.15, 0.2) is 12.5 Å². The van der Waals surface area contributed by atoms with Gasteiger partial charge >= 0.3 is 0 Å². The summed E-state index contributed by atoms with van der Waals surface area (Å²) >= 11 is 3.96. The van der Waals surface area contributed by atoms with Crippen molar-refractivity contribution in [3.05, 3.63) is 0 Å². The minimum absolute atomic E-state index is 0.177. The zero-order valence-electron chi connectivity index (χ0n) is 6.49. The average molecular weight is 174 g/mol. The summed E-state index contributed by atoms with van der Waals surface area (Å²) < 4.78 is 8.16. The summed E-state index contributed by atoms with van der Waals surface area (Å²) in [6, 6.07) is 0. The Balaban J connectivity index is 1.77. The van der Waals surface area contributed by atoms with E-state index in [4.69, 9.17) is 4.74 Å². The highest BCUT2D eigenvalue weighted by atomic mass is 32.1. The Morgan fingerprint density at radius 2 is 2.00 bits per heavy atom. The van der Waals surface area contributed by atoms with E-state index in [2.05, 4.69) is 22.4 Å². The Morgan fingerprint density at radius 1 is 1.27 bits per heavy atom. The van der Waals surface area contributed by atoms with Crippen LogP contribution >= 0.6 is 12.8 Å². The molecule has 1 N–H and O–H groups in total. The Morgan fingerprint density at radius 3 is 2.55 bits per heavy atom. The maximum atomic E-state index is 5.34.